The van der Waals surface area contributed by atoms with E-state index in [0.717, 1.165) is 32.0 Å². The zero-order valence-corrected chi connectivity index (χ0v) is 16.9. The molecule has 1 aromatic carbocycles. The number of para-hydroxylation sites is 1. The van der Waals surface area contributed by atoms with Gasteiger partial charge in [0.1, 0.15) is 17.3 Å². The summed E-state index contributed by atoms with van der Waals surface area (Å²) in [5, 5.41) is 2.43. The van der Waals surface area contributed by atoms with Gasteiger partial charge in [0, 0.05) is 5.92 Å². The first-order chi connectivity index (χ1) is 13.7. The van der Waals surface area contributed by atoms with Gasteiger partial charge in [-0.1, -0.05) is 18.2 Å². The molecule has 0 aliphatic carbocycles. The smallest absolute Gasteiger partial charge is 0.405 e. The summed E-state index contributed by atoms with van der Waals surface area (Å²) >= 11 is 0. The number of aromatic nitrogens is 1. The molecule has 0 radical (unpaired) electrons. The molecule has 1 aliphatic heterocycles. The van der Waals surface area contributed by atoms with E-state index in [4.69, 9.17) is 0 Å². The number of hydrogen-bond donors (Lipinski definition) is 1. The largest absolute Gasteiger partial charge is 0.573 e. The fourth-order valence-electron chi connectivity index (χ4n) is 3.17. The number of halogens is 4. The van der Waals surface area contributed by atoms with Gasteiger partial charge in [0.15, 0.2) is 5.78 Å². The summed E-state index contributed by atoms with van der Waals surface area (Å²) < 4.78 is 41.5. The summed E-state index contributed by atoms with van der Waals surface area (Å²) in [5.41, 5.74) is -0.0733. The molecule has 0 spiro atoms. The van der Waals surface area contributed by atoms with E-state index in [9.17, 15) is 22.8 Å². The zero-order chi connectivity index (χ0) is 21.0. The number of ether oxygens (including phenoxy) is 1. The maximum atomic E-state index is 12.7. The van der Waals surface area contributed by atoms with Gasteiger partial charge in [0.2, 0.25) is 0 Å². The quantitative estimate of drug-likeness (QED) is 0.702. The van der Waals surface area contributed by atoms with E-state index in [1.807, 2.05) is 7.05 Å². The molecule has 162 valence electrons. The lowest BCUT2D eigenvalue weighted by Gasteiger charge is -2.27. The number of carbonyl (C=O) groups excluding carboxylic acids is 2. The molecule has 30 heavy (non-hydrogen) atoms. The SMILES string of the molecule is CN1CCC(C(=O)c2cccc(NC(=O)c3ccccc3OC(F)(F)F)n2)CC1.Cl. The molecule has 1 N–H and O–H groups in total. The molecule has 0 saturated carbocycles. The van der Waals surface area contributed by atoms with E-state index in [2.05, 4.69) is 19.9 Å². The Bertz CT molecular complexity index is 900. The molecule has 1 fully saturated rings. The Balaban J connectivity index is 0.00000320. The summed E-state index contributed by atoms with van der Waals surface area (Å²) in [7, 11) is 2.00. The zero-order valence-electron chi connectivity index (χ0n) is 16.1. The van der Waals surface area contributed by atoms with Crippen LogP contribution >= 0.6 is 12.4 Å². The summed E-state index contributed by atoms with van der Waals surface area (Å²) in [6, 6.07) is 9.62. The van der Waals surface area contributed by atoms with E-state index in [1.165, 1.54) is 24.3 Å². The number of anilines is 1. The molecule has 1 amide bonds. The van der Waals surface area contributed by atoms with Gasteiger partial charge in [-0.25, -0.2) is 4.98 Å². The van der Waals surface area contributed by atoms with Crippen LogP contribution < -0.4 is 10.1 Å². The molecule has 10 heteroatoms. The second-order valence-electron chi connectivity index (χ2n) is 6.85. The summed E-state index contributed by atoms with van der Waals surface area (Å²) in [4.78, 5) is 31.5. The lowest BCUT2D eigenvalue weighted by molar-refractivity contribution is -0.274. The van der Waals surface area contributed by atoms with Crippen molar-refractivity contribution in [3.63, 3.8) is 0 Å². The Kier molecular flexibility index (Phi) is 7.80. The third-order valence-corrected chi connectivity index (χ3v) is 4.69. The van der Waals surface area contributed by atoms with Crippen molar-refractivity contribution in [1.29, 1.82) is 0 Å². The normalized spacial score (nSPS) is 15.2. The molecule has 2 aromatic rings. The van der Waals surface area contributed by atoms with Gasteiger partial charge >= 0.3 is 6.36 Å². The number of nitrogens with one attached hydrogen (secondary N) is 1. The molecule has 0 bridgehead atoms. The number of alkyl halides is 3. The van der Waals surface area contributed by atoms with Gasteiger partial charge in [0.25, 0.3) is 5.91 Å². The minimum absolute atomic E-state index is 0. The summed E-state index contributed by atoms with van der Waals surface area (Å²) in [6.45, 7) is 1.64. The van der Waals surface area contributed by atoms with Crippen LogP contribution in [0.15, 0.2) is 42.5 Å². The van der Waals surface area contributed by atoms with E-state index >= 15 is 0 Å². The Morgan fingerprint density at radius 1 is 1.10 bits per heavy atom. The average Bonchev–Trinajstić information content (AvgIpc) is 2.67. The lowest BCUT2D eigenvalue weighted by atomic mass is 9.91. The predicted octanol–water partition coefficient (Wildman–Crippen LogP) is 4.18. The predicted molar refractivity (Wildman–Crippen MR) is 107 cm³/mol. The summed E-state index contributed by atoms with van der Waals surface area (Å²) in [5.74, 6) is -1.59. The number of ketones is 1. The van der Waals surface area contributed by atoms with Gasteiger partial charge in [-0.2, -0.15) is 0 Å². The highest BCUT2D eigenvalue weighted by molar-refractivity contribution is 6.06. The van der Waals surface area contributed by atoms with Gasteiger partial charge in [-0.15, -0.1) is 25.6 Å². The van der Waals surface area contributed by atoms with Crippen LogP contribution in [0.3, 0.4) is 0 Å². The van der Waals surface area contributed by atoms with Crippen molar-refractivity contribution in [3.05, 3.63) is 53.7 Å². The number of amides is 1. The molecule has 1 aromatic heterocycles. The minimum atomic E-state index is -4.92. The Morgan fingerprint density at radius 3 is 2.43 bits per heavy atom. The van der Waals surface area contributed by atoms with Crippen molar-refractivity contribution in [2.75, 3.05) is 25.5 Å². The minimum Gasteiger partial charge on any atom is -0.405 e. The monoisotopic (exact) mass is 443 g/mol. The number of rotatable bonds is 5. The van der Waals surface area contributed by atoms with Crippen molar-refractivity contribution >= 4 is 29.9 Å². The molecule has 3 rings (SSSR count). The van der Waals surface area contributed by atoms with Crippen LogP contribution in [-0.2, 0) is 0 Å². The highest BCUT2D eigenvalue weighted by Gasteiger charge is 2.33. The molecular weight excluding hydrogens is 423 g/mol. The highest BCUT2D eigenvalue weighted by Crippen LogP contribution is 2.27. The fraction of sp³-hybridized carbons (Fsp3) is 0.350. The second-order valence-corrected chi connectivity index (χ2v) is 6.85. The first kappa shape index (κ1) is 23.6. The molecule has 6 nitrogen and oxygen atoms in total. The topological polar surface area (TPSA) is 71.5 Å². The fourth-order valence-corrected chi connectivity index (χ4v) is 3.17. The Hall–Kier alpha value is -2.65. The highest BCUT2D eigenvalue weighted by atomic mass is 35.5. The number of nitrogens with zero attached hydrogens (tertiary/aromatic N) is 2. The Morgan fingerprint density at radius 2 is 1.77 bits per heavy atom. The number of piperidine rings is 1. The third-order valence-electron chi connectivity index (χ3n) is 4.69. The number of pyridine rings is 1. The number of likely N-dealkylation sites (tertiary alicyclic amines) is 1. The average molecular weight is 444 g/mol. The number of hydrogen-bond acceptors (Lipinski definition) is 5. The second kappa shape index (κ2) is 9.90. The van der Waals surface area contributed by atoms with E-state index < -0.39 is 18.0 Å². The maximum absolute atomic E-state index is 12.7. The van der Waals surface area contributed by atoms with Crippen LogP contribution in [0.25, 0.3) is 0 Å². The molecular formula is C20H21ClF3N3O3. The number of benzene rings is 1. The number of Topliss-reactive ketones (excluding diaryl/α,β-unsaturated/α-hetero) is 1. The van der Waals surface area contributed by atoms with Crippen LogP contribution in [0.4, 0.5) is 19.0 Å². The first-order valence-electron chi connectivity index (χ1n) is 9.09. The molecule has 0 unspecified atom stereocenters. The van der Waals surface area contributed by atoms with E-state index in [1.54, 1.807) is 12.1 Å². The molecule has 1 aliphatic rings. The van der Waals surface area contributed by atoms with Crippen LogP contribution in [-0.4, -0.2) is 48.1 Å². The van der Waals surface area contributed by atoms with Crippen molar-refractivity contribution < 1.29 is 27.5 Å². The standard InChI is InChI=1S/C20H20F3N3O3.ClH/c1-26-11-9-13(10-12-26)18(27)15-6-4-8-17(24-15)25-19(28)14-5-2-3-7-16(14)29-20(21,22)23;/h2-8,13H,9-12H2,1H3,(H,24,25,28);1H. The van der Waals surface area contributed by atoms with Crippen LogP contribution in [0, 0.1) is 5.92 Å². The van der Waals surface area contributed by atoms with Gasteiger partial charge in [0.05, 0.1) is 5.56 Å². The first-order valence-corrected chi connectivity index (χ1v) is 9.09. The van der Waals surface area contributed by atoms with Gasteiger partial charge in [-0.05, 0) is 57.2 Å². The van der Waals surface area contributed by atoms with Crippen LogP contribution in [0.2, 0.25) is 0 Å². The van der Waals surface area contributed by atoms with E-state index in [-0.39, 0.29) is 41.2 Å². The molecule has 0 atom stereocenters. The van der Waals surface area contributed by atoms with E-state index in [0.29, 0.717) is 0 Å². The van der Waals surface area contributed by atoms with Crippen molar-refractivity contribution in [2.24, 2.45) is 5.92 Å². The van der Waals surface area contributed by atoms with Crippen LogP contribution in [0.5, 0.6) is 5.75 Å². The number of carbonyl (C=O) groups is 2. The van der Waals surface area contributed by atoms with Gasteiger partial charge < -0.3 is 15.0 Å². The molecule has 2 heterocycles. The lowest BCUT2D eigenvalue weighted by Crippen LogP contribution is -2.33. The van der Waals surface area contributed by atoms with Gasteiger partial charge in [-0.3, -0.25) is 9.59 Å². The Labute approximate surface area is 177 Å². The third kappa shape index (κ3) is 6.17. The summed E-state index contributed by atoms with van der Waals surface area (Å²) in [6.07, 6.45) is -3.46. The maximum Gasteiger partial charge on any atom is 0.573 e. The van der Waals surface area contributed by atoms with Crippen molar-refractivity contribution in [2.45, 2.75) is 19.2 Å². The van der Waals surface area contributed by atoms with Crippen LogP contribution in [0.1, 0.15) is 33.7 Å². The molecule has 1 saturated heterocycles. The van der Waals surface area contributed by atoms with Crippen molar-refractivity contribution in [1.82, 2.24) is 9.88 Å². The van der Waals surface area contributed by atoms with Crippen molar-refractivity contribution in [3.8, 4) is 5.75 Å².